The number of nitrogens with one attached hydrogen (secondary N) is 1. The molecule has 0 fully saturated rings. The Morgan fingerprint density at radius 3 is 2.75 bits per heavy atom. The standard InChI is InChI=1S/C16H13FN2S/c1-11-5-4-6-12(9-11)15-10-20-16(19-15)18-14-8-3-2-7-13(14)17/h2-10H,1H3,(H,18,19). The van der Waals surface area contributed by atoms with Gasteiger partial charge in [-0.2, -0.15) is 0 Å². The van der Waals surface area contributed by atoms with Crippen LogP contribution in [0.3, 0.4) is 0 Å². The van der Waals surface area contributed by atoms with Gasteiger partial charge in [-0.25, -0.2) is 9.37 Å². The lowest BCUT2D eigenvalue weighted by Crippen LogP contribution is -1.92. The first-order chi connectivity index (χ1) is 9.72. The number of hydrogen-bond donors (Lipinski definition) is 1. The van der Waals surface area contributed by atoms with Crippen LogP contribution in [0.15, 0.2) is 53.9 Å². The van der Waals surface area contributed by atoms with Crippen molar-refractivity contribution in [1.82, 2.24) is 4.98 Å². The summed E-state index contributed by atoms with van der Waals surface area (Å²) >= 11 is 1.46. The van der Waals surface area contributed by atoms with Crippen LogP contribution in [0.5, 0.6) is 0 Å². The molecule has 2 aromatic carbocycles. The van der Waals surface area contributed by atoms with E-state index in [1.165, 1.54) is 23.0 Å². The molecule has 2 nitrogen and oxygen atoms in total. The zero-order valence-corrected chi connectivity index (χ0v) is 11.7. The molecule has 0 saturated heterocycles. The van der Waals surface area contributed by atoms with Gasteiger partial charge in [-0.05, 0) is 25.1 Å². The number of aromatic nitrogens is 1. The van der Waals surface area contributed by atoms with E-state index in [1.54, 1.807) is 18.2 Å². The number of nitrogens with zero attached hydrogens (tertiary/aromatic N) is 1. The van der Waals surface area contributed by atoms with Crippen LogP contribution >= 0.6 is 11.3 Å². The number of hydrogen-bond acceptors (Lipinski definition) is 3. The van der Waals surface area contributed by atoms with E-state index in [-0.39, 0.29) is 5.82 Å². The van der Waals surface area contributed by atoms with Crippen molar-refractivity contribution in [2.45, 2.75) is 6.92 Å². The Morgan fingerprint density at radius 1 is 1.10 bits per heavy atom. The molecule has 20 heavy (non-hydrogen) atoms. The molecule has 0 bridgehead atoms. The fourth-order valence-corrected chi connectivity index (χ4v) is 2.68. The van der Waals surface area contributed by atoms with Gasteiger partial charge in [0.1, 0.15) is 5.82 Å². The largest absolute Gasteiger partial charge is 0.329 e. The van der Waals surface area contributed by atoms with Gasteiger partial charge in [0, 0.05) is 10.9 Å². The zero-order valence-electron chi connectivity index (χ0n) is 10.9. The van der Waals surface area contributed by atoms with Crippen LogP contribution in [0.2, 0.25) is 0 Å². The van der Waals surface area contributed by atoms with Crippen molar-refractivity contribution < 1.29 is 4.39 Å². The highest BCUT2D eigenvalue weighted by Gasteiger charge is 2.07. The normalized spacial score (nSPS) is 10.5. The molecular weight excluding hydrogens is 271 g/mol. The average molecular weight is 284 g/mol. The molecule has 0 radical (unpaired) electrons. The molecule has 3 rings (SSSR count). The number of benzene rings is 2. The minimum Gasteiger partial charge on any atom is -0.329 e. The van der Waals surface area contributed by atoms with Crippen LogP contribution in [-0.2, 0) is 0 Å². The Bertz CT molecular complexity index is 737. The number of halogens is 1. The van der Waals surface area contributed by atoms with Crippen molar-refractivity contribution in [2.75, 3.05) is 5.32 Å². The Morgan fingerprint density at radius 2 is 1.95 bits per heavy atom. The summed E-state index contributed by atoms with van der Waals surface area (Å²) in [6, 6.07) is 14.8. The molecule has 1 N–H and O–H groups in total. The lowest BCUT2D eigenvalue weighted by molar-refractivity contribution is 0.632. The third kappa shape index (κ3) is 2.70. The van der Waals surface area contributed by atoms with Crippen LogP contribution < -0.4 is 5.32 Å². The van der Waals surface area contributed by atoms with Crippen molar-refractivity contribution in [3.05, 3.63) is 65.3 Å². The predicted molar refractivity (Wildman–Crippen MR) is 82.0 cm³/mol. The van der Waals surface area contributed by atoms with Crippen LogP contribution in [0.1, 0.15) is 5.56 Å². The first-order valence-electron chi connectivity index (χ1n) is 6.26. The van der Waals surface area contributed by atoms with Crippen molar-refractivity contribution in [2.24, 2.45) is 0 Å². The lowest BCUT2D eigenvalue weighted by Gasteiger charge is -2.03. The van der Waals surface area contributed by atoms with E-state index >= 15 is 0 Å². The summed E-state index contributed by atoms with van der Waals surface area (Å²) < 4.78 is 13.6. The van der Waals surface area contributed by atoms with E-state index < -0.39 is 0 Å². The molecule has 0 aliphatic rings. The molecule has 100 valence electrons. The molecule has 3 aromatic rings. The van der Waals surface area contributed by atoms with E-state index in [1.807, 2.05) is 30.5 Å². The van der Waals surface area contributed by atoms with Crippen LogP contribution in [0.25, 0.3) is 11.3 Å². The molecule has 0 spiro atoms. The number of thiazole rings is 1. The van der Waals surface area contributed by atoms with E-state index in [9.17, 15) is 4.39 Å². The van der Waals surface area contributed by atoms with Gasteiger partial charge in [-0.1, -0.05) is 35.9 Å². The highest BCUT2D eigenvalue weighted by molar-refractivity contribution is 7.14. The summed E-state index contributed by atoms with van der Waals surface area (Å²) in [5.41, 5.74) is 3.61. The minimum atomic E-state index is -0.278. The van der Waals surface area contributed by atoms with Gasteiger partial charge in [-0.15, -0.1) is 11.3 Å². The molecule has 0 saturated carbocycles. The maximum absolute atomic E-state index is 13.6. The Labute approximate surface area is 120 Å². The third-order valence-corrected chi connectivity index (χ3v) is 3.69. The van der Waals surface area contributed by atoms with Crippen LogP contribution in [0, 0.1) is 12.7 Å². The monoisotopic (exact) mass is 284 g/mol. The summed E-state index contributed by atoms with van der Waals surface area (Å²) in [6.07, 6.45) is 0. The molecule has 0 amide bonds. The topological polar surface area (TPSA) is 24.9 Å². The summed E-state index contributed by atoms with van der Waals surface area (Å²) in [4.78, 5) is 4.50. The van der Waals surface area contributed by atoms with Crippen LogP contribution in [-0.4, -0.2) is 4.98 Å². The molecule has 0 aliphatic carbocycles. The lowest BCUT2D eigenvalue weighted by atomic mass is 10.1. The van der Waals surface area contributed by atoms with Crippen molar-refractivity contribution >= 4 is 22.2 Å². The summed E-state index contributed by atoms with van der Waals surface area (Å²) in [6.45, 7) is 2.05. The Balaban J connectivity index is 1.86. The minimum absolute atomic E-state index is 0.278. The molecule has 0 unspecified atom stereocenters. The van der Waals surface area contributed by atoms with Gasteiger partial charge < -0.3 is 5.32 Å². The van der Waals surface area contributed by atoms with E-state index in [4.69, 9.17) is 0 Å². The third-order valence-electron chi connectivity index (χ3n) is 2.93. The fourth-order valence-electron chi connectivity index (χ4n) is 1.95. The SMILES string of the molecule is Cc1cccc(-c2csc(Nc3ccccc3F)n2)c1. The van der Waals surface area contributed by atoms with Crippen molar-refractivity contribution in [3.63, 3.8) is 0 Å². The first kappa shape index (κ1) is 12.8. The van der Waals surface area contributed by atoms with E-state index in [2.05, 4.69) is 16.4 Å². The molecule has 1 aromatic heterocycles. The maximum atomic E-state index is 13.6. The van der Waals surface area contributed by atoms with E-state index in [0.29, 0.717) is 10.8 Å². The smallest absolute Gasteiger partial charge is 0.187 e. The first-order valence-corrected chi connectivity index (χ1v) is 7.14. The van der Waals surface area contributed by atoms with Crippen molar-refractivity contribution in [3.8, 4) is 11.3 Å². The highest BCUT2D eigenvalue weighted by Crippen LogP contribution is 2.28. The van der Waals surface area contributed by atoms with Gasteiger partial charge in [0.05, 0.1) is 11.4 Å². The number of aryl methyl sites for hydroxylation is 1. The number of rotatable bonds is 3. The second-order valence-electron chi connectivity index (χ2n) is 4.51. The maximum Gasteiger partial charge on any atom is 0.187 e. The molecular formula is C16H13FN2S. The van der Waals surface area contributed by atoms with Gasteiger partial charge in [-0.3, -0.25) is 0 Å². The fraction of sp³-hybridized carbons (Fsp3) is 0.0625. The molecule has 0 atom stereocenters. The second-order valence-corrected chi connectivity index (χ2v) is 5.37. The van der Waals surface area contributed by atoms with Gasteiger partial charge in [0.15, 0.2) is 5.13 Å². The van der Waals surface area contributed by atoms with E-state index in [0.717, 1.165) is 11.3 Å². The molecule has 1 heterocycles. The summed E-state index contributed by atoms with van der Waals surface area (Å²) in [7, 11) is 0. The summed E-state index contributed by atoms with van der Waals surface area (Å²) in [5.74, 6) is -0.278. The zero-order chi connectivity index (χ0) is 13.9. The van der Waals surface area contributed by atoms with Gasteiger partial charge in [0.25, 0.3) is 0 Å². The van der Waals surface area contributed by atoms with Gasteiger partial charge >= 0.3 is 0 Å². The molecule has 4 heteroatoms. The quantitative estimate of drug-likeness (QED) is 0.732. The molecule has 0 aliphatic heterocycles. The average Bonchev–Trinajstić information content (AvgIpc) is 2.90. The van der Waals surface area contributed by atoms with Crippen molar-refractivity contribution in [1.29, 1.82) is 0 Å². The van der Waals surface area contributed by atoms with Gasteiger partial charge in [0.2, 0.25) is 0 Å². The predicted octanol–water partition coefficient (Wildman–Crippen LogP) is 5.00. The van der Waals surface area contributed by atoms with Crippen LogP contribution in [0.4, 0.5) is 15.2 Å². The summed E-state index contributed by atoms with van der Waals surface area (Å²) in [5, 5.41) is 5.67. The highest BCUT2D eigenvalue weighted by atomic mass is 32.1. The Kier molecular flexibility index (Phi) is 3.48. The second kappa shape index (κ2) is 5.43. The number of anilines is 2. The number of para-hydroxylation sites is 1. The Hall–Kier alpha value is -2.20.